The summed E-state index contributed by atoms with van der Waals surface area (Å²) in [5.74, 6) is 2.30. The van der Waals surface area contributed by atoms with Crippen molar-refractivity contribution >= 4 is 6.03 Å². The number of urea groups is 1. The molecule has 1 saturated heterocycles. The van der Waals surface area contributed by atoms with Crippen molar-refractivity contribution in [3.05, 3.63) is 11.7 Å². The Labute approximate surface area is 130 Å². The molecule has 6 heteroatoms. The summed E-state index contributed by atoms with van der Waals surface area (Å²) in [6.45, 7) is 1.50. The molecular weight excluding hydrogens is 280 g/mol. The summed E-state index contributed by atoms with van der Waals surface area (Å²) in [6, 6.07) is 0.451. The number of hydrogen-bond acceptors (Lipinski definition) is 4. The van der Waals surface area contributed by atoms with Gasteiger partial charge < -0.3 is 14.7 Å². The van der Waals surface area contributed by atoms with Crippen LogP contribution in [-0.4, -0.2) is 40.2 Å². The van der Waals surface area contributed by atoms with Gasteiger partial charge in [-0.2, -0.15) is 4.98 Å². The van der Waals surface area contributed by atoms with Crippen molar-refractivity contribution in [3.8, 4) is 0 Å². The van der Waals surface area contributed by atoms with Gasteiger partial charge in [0.25, 0.3) is 0 Å². The Morgan fingerprint density at radius 2 is 1.91 bits per heavy atom. The average Bonchev–Trinajstić information content (AvgIpc) is 3.08. The maximum atomic E-state index is 12.4. The number of nitrogens with zero attached hydrogens (tertiary/aromatic N) is 3. The monoisotopic (exact) mass is 304 g/mol. The van der Waals surface area contributed by atoms with Crippen molar-refractivity contribution in [1.82, 2.24) is 20.4 Å². The minimum absolute atomic E-state index is 0.0836. The molecule has 1 aromatic heterocycles. The largest absolute Gasteiger partial charge is 0.339 e. The molecule has 4 rings (SSSR count). The molecule has 0 bridgehead atoms. The quantitative estimate of drug-likeness (QED) is 0.932. The van der Waals surface area contributed by atoms with Gasteiger partial charge >= 0.3 is 6.03 Å². The van der Waals surface area contributed by atoms with E-state index < -0.39 is 0 Å². The minimum atomic E-state index is 0.0836. The molecule has 1 aliphatic heterocycles. The van der Waals surface area contributed by atoms with E-state index in [1.54, 1.807) is 0 Å². The number of aromatic nitrogens is 2. The first kappa shape index (κ1) is 14.0. The van der Waals surface area contributed by atoms with Gasteiger partial charge in [0.2, 0.25) is 5.89 Å². The van der Waals surface area contributed by atoms with Crippen LogP contribution in [0.5, 0.6) is 0 Å². The van der Waals surface area contributed by atoms with Gasteiger partial charge in [0.1, 0.15) is 0 Å². The molecule has 1 unspecified atom stereocenters. The number of carbonyl (C=O) groups is 1. The zero-order chi connectivity index (χ0) is 14.9. The zero-order valence-electron chi connectivity index (χ0n) is 13.0. The van der Waals surface area contributed by atoms with Crippen molar-refractivity contribution in [1.29, 1.82) is 0 Å². The molecule has 0 spiro atoms. The number of hydrogen-bond donors (Lipinski definition) is 1. The van der Waals surface area contributed by atoms with Crippen LogP contribution in [-0.2, 0) is 0 Å². The highest BCUT2D eigenvalue weighted by Crippen LogP contribution is 2.39. The predicted molar refractivity (Wildman–Crippen MR) is 80.6 cm³/mol. The third-order valence-corrected chi connectivity index (χ3v) is 5.16. The van der Waals surface area contributed by atoms with Crippen molar-refractivity contribution < 1.29 is 9.32 Å². The number of rotatable bonds is 3. The van der Waals surface area contributed by atoms with Crippen LogP contribution in [0, 0.1) is 0 Å². The second-order valence-electron chi connectivity index (χ2n) is 6.98. The Balaban J connectivity index is 1.31. The van der Waals surface area contributed by atoms with Crippen LogP contribution < -0.4 is 5.32 Å². The summed E-state index contributed by atoms with van der Waals surface area (Å²) in [4.78, 5) is 18.8. The predicted octanol–water partition coefficient (Wildman–Crippen LogP) is 2.78. The van der Waals surface area contributed by atoms with E-state index in [2.05, 4.69) is 15.5 Å². The van der Waals surface area contributed by atoms with Crippen LogP contribution in [0.2, 0.25) is 0 Å². The Hall–Kier alpha value is -1.59. The van der Waals surface area contributed by atoms with E-state index in [9.17, 15) is 4.79 Å². The molecule has 3 fully saturated rings. The molecule has 2 aliphatic carbocycles. The summed E-state index contributed by atoms with van der Waals surface area (Å²) >= 11 is 0. The van der Waals surface area contributed by atoms with Gasteiger partial charge in [-0.05, 0) is 32.1 Å². The van der Waals surface area contributed by atoms with Crippen molar-refractivity contribution in [2.45, 2.75) is 69.2 Å². The summed E-state index contributed by atoms with van der Waals surface area (Å²) in [7, 11) is 0. The van der Waals surface area contributed by atoms with Crippen LogP contribution in [0.1, 0.15) is 74.9 Å². The molecule has 2 amide bonds. The number of amides is 2. The fourth-order valence-electron chi connectivity index (χ4n) is 3.58. The highest BCUT2D eigenvalue weighted by Gasteiger charge is 2.34. The number of likely N-dealkylation sites (tertiary alicyclic amines) is 1. The Morgan fingerprint density at radius 1 is 1.09 bits per heavy atom. The molecule has 22 heavy (non-hydrogen) atoms. The smallest absolute Gasteiger partial charge is 0.317 e. The van der Waals surface area contributed by atoms with E-state index in [0.29, 0.717) is 18.5 Å². The molecular formula is C16H24N4O2. The van der Waals surface area contributed by atoms with E-state index in [1.807, 2.05) is 4.90 Å². The molecule has 2 heterocycles. The Kier molecular flexibility index (Phi) is 3.76. The molecule has 0 radical (unpaired) electrons. The fraction of sp³-hybridized carbons (Fsp3) is 0.812. The van der Waals surface area contributed by atoms with Gasteiger partial charge in [0, 0.05) is 31.0 Å². The van der Waals surface area contributed by atoms with E-state index in [-0.39, 0.29) is 11.9 Å². The molecule has 6 nitrogen and oxygen atoms in total. The highest BCUT2D eigenvalue weighted by atomic mass is 16.5. The molecule has 2 saturated carbocycles. The SMILES string of the molecule is O=C(NC1CCCCC1)N1CCC(c2noc(C3CC3)n2)C1. The maximum absolute atomic E-state index is 12.4. The lowest BCUT2D eigenvalue weighted by atomic mass is 9.96. The van der Waals surface area contributed by atoms with Crippen LogP contribution >= 0.6 is 0 Å². The van der Waals surface area contributed by atoms with E-state index >= 15 is 0 Å². The lowest BCUT2D eigenvalue weighted by Gasteiger charge is -2.26. The molecule has 0 aromatic carbocycles. The van der Waals surface area contributed by atoms with Gasteiger partial charge in [-0.25, -0.2) is 4.79 Å². The first-order valence-corrected chi connectivity index (χ1v) is 8.68. The second-order valence-corrected chi connectivity index (χ2v) is 6.98. The minimum Gasteiger partial charge on any atom is -0.339 e. The molecule has 1 atom stereocenters. The molecule has 1 N–H and O–H groups in total. The normalized spacial score (nSPS) is 26.4. The first-order valence-electron chi connectivity index (χ1n) is 8.68. The van der Waals surface area contributed by atoms with Gasteiger partial charge in [-0.3, -0.25) is 0 Å². The van der Waals surface area contributed by atoms with Crippen molar-refractivity contribution in [2.75, 3.05) is 13.1 Å². The topological polar surface area (TPSA) is 71.3 Å². The van der Waals surface area contributed by atoms with Crippen LogP contribution in [0.25, 0.3) is 0 Å². The van der Waals surface area contributed by atoms with E-state index in [4.69, 9.17) is 4.52 Å². The van der Waals surface area contributed by atoms with E-state index in [0.717, 1.165) is 37.5 Å². The third-order valence-electron chi connectivity index (χ3n) is 5.16. The Bertz CT molecular complexity index is 534. The van der Waals surface area contributed by atoms with Crippen LogP contribution in [0.3, 0.4) is 0 Å². The lowest BCUT2D eigenvalue weighted by Crippen LogP contribution is -2.44. The standard InChI is InChI=1S/C16H24N4O2/c21-16(17-13-4-2-1-3-5-13)20-9-8-12(10-20)14-18-15(22-19-14)11-6-7-11/h11-13H,1-10H2,(H,17,21). The maximum Gasteiger partial charge on any atom is 0.317 e. The Morgan fingerprint density at radius 3 is 2.68 bits per heavy atom. The van der Waals surface area contributed by atoms with Gasteiger partial charge in [0.15, 0.2) is 5.82 Å². The van der Waals surface area contributed by atoms with Gasteiger partial charge in [-0.15, -0.1) is 0 Å². The van der Waals surface area contributed by atoms with Gasteiger partial charge in [-0.1, -0.05) is 24.4 Å². The average molecular weight is 304 g/mol. The second kappa shape index (κ2) is 5.89. The fourth-order valence-corrected chi connectivity index (χ4v) is 3.58. The summed E-state index contributed by atoms with van der Waals surface area (Å²) < 4.78 is 5.34. The van der Waals surface area contributed by atoms with Gasteiger partial charge in [0.05, 0.1) is 0 Å². The van der Waals surface area contributed by atoms with Crippen molar-refractivity contribution in [2.24, 2.45) is 0 Å². The van der Waals surface area contributed by atoms with E-state index in [1.165, 1.54) is 32.1 Å². The third kappa shape index (κ3) is 2.96. The van der Waals surface area contributed by atoms with Crippen LogP contribution in [0.4, 0.5) is 4.79 Å². The molecule has 120 valence electrons. The molecule has 3 aliphatic rings. The summed E-state index contributed by atoms with van der Waals surface area (Å²) in [5, 5.41) is 7.31. The number of carbonyl (C=O) groups excluding carboxylic acids is 1. The molecule has 1 aromatic rings. The highest BCUT2D eigenvalue weighted by molar-refractivity contribution is 5.75. The summed E-state index contributed by atoms with van der Waals surface area (Å²) in [6.07, 6.45) is 9.30. The zero-order valence-corrected chi connectivity index (χ0v) is 13.0. The lowest BCUT2D eigenvalue weighted by molar-refractivity contribution is 0.200. The summed E-state index contributed by atoms with van der Waals surface area (Å²) in [5.41, 5.74) is 0. The van der Waals surface area contributed by atoms with Crippen LogP contribution in [0.15, 0.2) is 4.52 Å². The van der Waals surface area contributed by atoms with Crippen molar-refractivity contribution in [3.63, 3.8) is 0 Å². The number of nitrogens with one attached hydrogen (secondary N) is 1. The first-order chi connectivity index (χ1) is 10.8.